The topological polar surface area (TPSA) is 55.3 Å². The Balaban J connectivity index is 3.75. The Morgan fingerprint density at radius 3 is 2.45 bits per heavy atom. The quantitative estimate of drug-likeness (QED) is 0.473. The molecular weight excluding hydrogens is 138 g/mol. The first kappa shape index (κ1) is 10.3. The van der Waals surface area contributed by atoms with Crippen molar-refractivity contribution < 1.29 is 0 Å². The van der Waals surface area contributed by atoms with Crippen molar-refractivity contribution in [1.29, 1.82) is 0 Å². The summed E-state index contributed by atoms with van der Waals surface area (Å²) in [6.07, 6.45) is 2.64. The molecule has 0 fully saturated rings. The Bertz CT molecular complexity index is 129. The van der Waals surface area contributed by atoms with E-state index in [0.29, 0.717) is 5.92 Å². The minimum absolute atomic E-state index is 0.570. The highest BCUT2D eigenvalue weighted by atomic mass is 15.4. The molecule has 11 heavy (non-hydrogen) atoms. The summed E-state index contributed by atoms with van der Waals surface area (Å²) in [6, 6.07) is 0. The van der Waals surface area contributed by atoms with Gasteiger partial charge in [0.2, 0.25) is 0 Å². The highest BCUT2D eigenvalue weighted by molar-refractivity contribution is 4.93. The van der Waals surface area contributed by atoms with Gasteiger partial charge in [-0.25, -0.2) is 5.84 Å². The maximum atomic E-state index is 5.63. The van der Waals surface area contributed by atoms with Crippen LogP contribution in [-0.2, 0) is 0 Å². The molecule has 4 N–H and O–H groups in total. The Morgan fingerprint density at radius 2 is 2.09 bits per heavy atom. The van der Waals surface area contributed by atoms with Crippen LogP contribution in [0.3, 0.4) is 0 Å². The van der Waals surface area contributed by atoms with Crippen LogP contribution in [0.5, 0.6) is 0 Å². The number of nitrogens with two attached hydrogens (primary N) is 2. The van der Waals surface area contributed by atoms with Crippen molar-refractivity contribution >= 4 is 0 Å². The molecule has 0 radical (unpaired) electrons. The Labute approximate surface area is 69.0 Å². The van der Waals surface area contributed by atoms with E-state index in [1.807, 2.05) is 6.92 Å². The molecule has 3 nitrogen and oxygen atoms in total. The van der Waals surface area contributed by atoms with Crippen LogP contribution in [0.4, 0.5) is 0 Å². The molecule has 0 atom stereocenters. The van der Waals surface area contributed by atoms with Crippen LogP contribution in [0.25, 0.3) is 0 Å². The lowest BCUT2D eigenvalue weighted by atomic mass is 10.2. The molecule has 0 heterocycles. The summed E-state index contributed by atoms with van der Waals surface area (Å²) in [4.78, 5) is 0. The first-order valence-corrected chi connectivity index (χ1v) is 4.03. The molecule has 0 amide bonds. The van der Waals surface area contributed by atoms with Crippen molar-refractivity contribution in [3.8, 4) is 0 Å². The standard InChI is InChI=1S/C8H19N3/c1-4-8(9)6-11(10)5-7(2)3/h6-7H,4-5,9-10H2,1-3H3/b8-6-. The van der Waals surface area contributed by atoms with Gasteiger partial charge in [0.1, 0.15) is 0 Å². The summed E-state index contributed by atoms with van der Waals surface area (Å²) in [6.45, 7) is 7.10. The predicted octanol–water partition coefficient (Wildman–Crippen LogP) is 1.03. The van der Waals surface area contributed by atoms with E-state index in [4.69, 9.17) is 11.6 Å². The Kier molecular flexibility index (Phi) is 4.70. The third kappa shape index (κ3) is 5.73. The maximum Gasteiger partial charge on any atom is 0.0359 e. The fraction of sp³-hybridized carbons (Fsp3) is 0.750. The van der Waals surface area contributed by atoms with Gasteiger partial charge in [-0.2, -0.15) is 0 Å². The number of allylic oxidation sites excluding steroid dienone is 1. The van der Waals surface area contributed by atoms with Crippen molar-refractivity contribution in [2.24, 2.45) is 17.5 Å². The van der Waals surface area contributed by atoms with Crippen LogP contribution < -0.4 is 11.6 Å². The first-order chi connectivity index (χ1) is 5.06. The zero-order valence-corrected chi connectivity index (χ0v) is 7.67. The SMILES string of the molecule is CC/C(N)=C/N(N)CC(C)C. The second-order valence-electron chi connectivity index (χ2n) is 3.15. The molecule has 0 saturated carbocycles. The average molecular weight is 157 g/mol. The monoisotopic (exact) mass is 157 g/mol. The van der Waals surface area contributed by atoms with Crippen LogP contribution >= 0.6 is 0 Å². The molecule has 0 unspecified atom stereocenters. The van der Waals surface area contributed by atoms with E-state index in [1.165, 1.54) is 0 Å². The van der Waals surface area contributed by atoms with Gasteiger partial charge in [0.05, 0.1) is 0 Å². The summed E-state index contributed by atoms with van der Waals surface area (Å²) < 4.78 is 0. The van der Waals surface area contributed by atoms with Gasteiger partial charge < -0.3 is 10.7 Å². The van der Waals surface area contributed by atoms with E-state index < -0.39 is 0 Å². The molecule has 0 rings (SSSR count). The van der Waals surface area contributed by atoms with Crippen molar-refractivity contribution in [3.05, 3.63) is 11.9 Å². The molecule has 0 aliphatic heterocycles. The van der Waals surface area contributed by atoms with Crippen molar-refractivity contribution in [3.63, 3.8) is 0 Å². The summed E-state index contributed by atoms with van der Waals surface area (Å²) in [5.74, 6) is 6.20. The molecule has 66 valence electrons. The second kappa shape index (κ2) is 5.02. The lowest BCUT2D eigenvalue weighted by molar-refractivity contribution is 0.339. The van der Waals surface area contributed by atoms with E-state index in [0.717, 1.165) is 18.7 Å². The lowest BCUT2D eigenvalue weighted by Gasteiger charge is -2.16. The van der Waals surface area contributed by atoms with Gasteiger partial charge in [-0.15, -0.1) is 0 Å². The number of hydrogen-bond donors (Lipinski definition) is 2. The van der Waals surface area contributed by atoms with E-state index in [9.17, 15) is 0 Å². The number of nitrogens with zero attached hydrogens (tertiary/aromatic N) is 1. The summed E-state index contributed by atoms with van der Waals surface area (Å²) in [5, 5.41) is 1.64. The minimum atomic E-state index is 0.570. The molecule has 0 aliphatic carbocycles. The van der Waals surface area contributed by atoms with Gasteiger partial charge in [-0.3, -0.25) is 0 Å². The highest BCUT2D eigenvalue weighted by Crippen LogP contribution is 1.97. The van der Waals surface area contributed by atoms with Gasteiger partial charge in [0, 0.05) is 18.4 Å². The van der Waals surface area contributed by atoms with Gasteiger partial charge >= 0.3 is 0 Å². The highest BCUT2D eigenvalue weighted by Gasteiger charge is 1.97. The lowest BCUT2D eigenvalue weighted by Crippen LogP contribution is -2.30. The summed E-state index contributed by atoms with van der Waals surface area (Å²) in [7, 11) is 0. The van der Waals surface area contributed by atoms with Crippen molar-refractivity contribution in [2.45, 2.75) is 27.2 Å². The largest absolute Gasteiger partial charge is 0.401 e. The molecular formula is C8H19N3. The zero-order valence-electron chi connectivity index (χ0n) is 7.67. The van der Waals surface area contributed by atoms with Crippen LogP contribution in [0.1, 0.15) is 27.2 Å². The van der Waals surface area contributed by atoms with Crippen molar-refractivity contribution in [1.82, 2.24) is 5.01 Å². The summed E-state index contributed by atoms with van der Waals surface area (Å²) in [5.41, 5.74) is 6.42. The van der Waals surface area contributed by atoms with Gasteiger partial charge in [-0.05, 0) is 12.3 Å². The fourth-order valence-electron chi connectivity index (χ4n) is 0.779. The van der Waals surface area contributed by atoms with Gasteiger partial charge in [0.25, 0.3) is 0 Å². The molecule has 0 spiro atoms. The first-order valence-electron chi connectivity index (χ1n) is 4.03. The normalized spacial score (nSPS) is 12.3. The van der Waals surface area contributed by atoms with Crippen molar-refractivity contribution in [2.75, 3.05) is 6.54 Å². The third-order valence-corrected chi connectivity index (χ3v) is 1.32. The third-order valence-electron chi connectivity index (χ3n) is 1.32. The molecule has 3 heteroatoms. The Morgan fingerprint density at radius 1 is 1.55 bits per heavy atom. The number of rotatable bonds is 4. The van der Waals surface area contributed by atoms with E-state index >= 15 is 0 Å². The van der Waals surface area contributed by atoms with Crippen LogP contribution in [0.15, 0.2) is 11.9 Å². The molecule has 0 aromatic carbocycles. The maximum absolute atomic E-state index is 5.63. The molecule has 0 aromatic heterocycles. The second-order valence-corrected chi connectivity index (χ2v) is 3.15. The van der Waals surface area contributed by atoms with E-state index in [2.05, 4.69) is 13.8 Å². The molecule has 0 saturated heterocycles. The molecule has 0 aromatic rings. The minimum Gasteiger partial charge on any atom is -0.401 e. The zero-order chi connectivity index (χ0) is 8.85. The average Bonchev–Trinajstić information content (AvgIpc) is 1.85. The van der Waals surface area contributed by atoms with Gasteiger partial charge in [0.15, 0.2) is 0 Å². The van der Waals surface area contributed by atoms with E-state index in [-0.39, 0.29) is 0 Å². The smallest absolute Gasteiger partial charge is 0.0359 e. The molecule has 0 bridgehead atoms. The van der Waals surface area contributed by atoms with Crippen LogP contribution in [-0.4, -0.2) is 11.6 Å². The Hall–Kier alpha value is -0.700. The predicted molar refractivity (Wildman–Crippen MR) is 48.3 cm³/mol. The molecule has 0 aliphatic rings. The van der Waals surface area contributed by atoms with Gasteiger partial charge in [-0.1, -0.05) is 20.8 Å². The number of hydrazine groups is 1. The summed E-state index contributed by atoms with van der Waals surface area (Å²) >= 11 is 0. The van der Waals surface area contributed by atoms with Crippen LogP contribution in [0.2, 0.25) is 0 Å². The fourth-order valence-corrected chi connectivity index (χ4v) is 0.779. The van der Waals surface area contributed by atoms with E-state index in [1.54, 1.807) is 11.2 Å². The number of hydrogen-bond acceptors (Lipinski definition) is 3. The van der Waals surface area contributed by atoms with Crippen LogP contribution in [0, 0.1) is 5.92 Å².